The molecule has 1 atom stereocenters. The molecule has 1 aliphatic heterocycles. The quantitative estimate of drug-likeness (QED) is 0.860. The maximum absolute atomic E-state index is 4.80. The Kier molecular flexibility index (Phi) is 3.53. The van der Waals surface area contributed by atoms with E-state index in [0.717, 1.165) is 30.2 Å². The highest BCUT2D eigenvalue weighted by atomic mass is 15.2. The zero-order valence-electron chi connectivity index (χ0n) is 12.3. The molecule has 0 spiro atoms. The van der Waals surface area contributed by atoms with Gasteiger partial charge in [0.1, 0.15) is 5.69 Å². The van der Waals surface area contributed by atoms with Crippen molar-refractivity contribution in [3.63, 3.8) is 0 Å². The number of likely N-dealkylation sites (tertiary alicyclic amines) is 1. The van der Waals surface area contributed by atoms with Gasteiger partial charge in [-0.05, 0) is 33.2 Å². The average Bonchev–Trinajstić information content (AvgIpc) is 3.07. The van der Waals surface area contributed by atoms with Crippen LogP contribution in [0.5, 0.6) is 0 Å². The second-order valence-corrected chi connectivity index (χ2v) is 5.68. The first kappa shape index (κ1) is 13.2. The van der Waals surface area contributed by atoms with E-state index in [-0.39, 0.29) is 0 Å². The zero-order valence-corrected chi connectivity index (χ0v) is 12.3. The summed E-state index contributed by atoms with van der Waals surface area (Å²) in [5.74, 6) is 0.869. The van der Waals surface area contributed by atoms with Crippen molar-refractivity contribution < 1.29 is 0 Å². The van der Waals surface area contributed by atoms with Gasteiger partial charge in [0.15, 0.2) is 5.82 Å². The summed E-state index contributed by atoms with van der Waals surface area (Å²) < 4.78 is 1.97. The van der Waals surface area contributed by atoms with Crippen LogP contribution >= 0.6 is 0 Å². The van der Waals surface area contributed by atoms with Crippen molar-refractivity contribution in [2.75, 3.05) is 6.54 Å². The number of imidazole rings is 1. The first-order valence-corrected chi connectivity index (χ1v) is 7.22. The number of aryl methyl sites for hydroxylation is 1. The van der Waals surface area contributed by atoms with E-state index in [2.05, 4.69) is 28.7 Å². The molecule has 0 aliphatic carbocycles. The molecule has 5 nitrogen and oxygen atoms in total. The molecule has 0 amide bonds. The van der Waals surface area contributed by atoms with Crippen LogP contribution in [0.4, 0.5) is 0 Å². The number of rotatable bonds is 3. The molecular formula is C15H21N5. The fraction of sp³-hybridized carbons (Fsp3) is 0.533. The van der Waals surface area contributed by atoms with E-state index in [9.17, 15) is 0 Å². The van der Waals surface area contributed by atoms with E-state index >= 15 is 0 Å². The van der Waals surface area contributed by atoms with Crippen molar-refractivity contribution in [1.29, 1.82) is 0 Å². The fourth-order valence-corrected chi connectivity index (χ4v) is 2.99. The Morgan fingerprint density at radius 1 is 1.30 bits per heavy atom. The molecule has 2 aromatic heterocycles. The SMILES string of the molecule is CC(C)N1CCCC1c1cncc(-c2nccn2C)n1. The van der Waals surface area contributed by atoms with Gasteiger partial charge in [0.2, 0.25) is 0 Å². The summed E-state index contributed by atoms with van der Waals surface area (Å²) in [4.78, 5) is 16.0. The van der Waals surface area contributed by atoms with Crippen molar-refractivity contribution >= 4 is 0 Å². The lowest BCUT2D eigenvalue weighted by molar-refractivity contribution is 0.202. The van der Waals surface area contributed by atoms with E-state index in [0.29, 0.717) is 12.1 Å². The number of nitrogens with zero attached hydrogens (tertiary/aromatic N) is 5. The minimum atomic E-state index is 0.391. The molecule has 0 aromatic carbocycles. The molecule has 106 valence electrons. The molecule has 1 unspecified atom stereocenters. The zero-order chi connectivity index (χ0) is 14.1. The highest BCUT2D eigenvalue weighted by Gasteiger charge is 2.29. The van der Waals surface area contributed by atoms with E-state index in [1.807, 2.05) is 24.0 Å². The molecule has 0 N–H and O–H groups in total. The molecule has 1 fully saturated rings. The average molecular weight is 271 g/mol. The summed E-state index contributed by atoms with van der Waals surface area (Å²) in [5.41, 5.74) is 1.92. The minimum absolute atomic E-state index is 0.391. The van der Waals surface area contributed by atoms with Crippen LogP contribution in [-0.2, 0) is 7.05 Å². The highest BCUT2D eigenvalue weighted by molar-refractivity contribution is 5.48. The summed E-state index contributed by atoms with van der Waals surface area (Å²) >= 11 is 0. The summed E-state index contributed by atoms with van der Waals surface area (Å²) in [5, 5.41) is 0. The topological polar surface area (TPSA) is 46.8 Å². The van der Waals surface area contributed by atoms with Crippen LogP contribution in [0.3, 0.4) is 0 Å². The molecular weight excluding hydrogens is 250 g/mol. The van der Waals surface area contributed by atoms with Crippen molar-refractivity contribution in [2.24, 2.45) is 7.05 Å². The Morgan fingerprint density at radius 2 is 2.15 bits per heavy atom. The van der Waals surface area contributed by atoms with Crippen LogP contribution in [0.2, 0.25) is 0 Å². The monoisotopic (exact) mass is 271 g/mol. The third-order valence-electron chi connectivity index (χ3n) is 4.00. The Balaban J connectivity index is 1.94. The molecule has 3 heterocycles. The Bertz CT molecular complexity index is 589. The molecule has 1 aliphatic rings. The first-order valence-electron chi connectivity index (χ1n) is 7.22. The van der Waals surface area contributed by atoms with E-state index in [1.165, 1.54) is 6.42 Å². The second-order valence-electron chi connectivity index (χ2n) is 5.68. The van der Waals surface area contributed by atoms with Crippen molar-refractivity contribution in [3.05, 3.63) is 30.5 Å². The number of hydrogen-bond donors (Lipinski definition) is 0. The van der Waals surface area contributed by atoms with E-state index < -0.39 is 0 Å². The Labute approximate surface area is 119 Å². The van der Waals surface area contributed by atoms with Gasteiger partial charge in [-0.1, -0.05) is 0 Å². The van der Waals surface area contributed by atoms with E-state index in [1.54, 1.807) is 12.4 Å². The maximum Gasteiger partial charge on any atom is 0.159 e. The predicted molar refractivity (Wildman–Crippen MR) is 78.1 cm³/mol. The molecule has 0 radical (unpaired) electrons. The van der Waals surface area contributed by atoms with Gasteiger partial charge in [-0.2, -0.15) is 0 Å². The van der Waals surface area contributed by atoms with Crippen molar-refractivity contribution in [1.82, 2.24) is 24.4 Å². The van der Waals surface area contributed by atoms with Gasteiger partial charge in [-0.25, -0.2) is 9.97 Å². The second kappa shape index (κ2) is 5.32. The van der Waals surface area contributed by atoms with Crippen molar-refractivity contribution in [3.8, 4) is 11.5 Å². The lowest BCUT2D eigenvalue weighted by atomic mass is 10.1. The summed E-state index contributed by atoms with van der Waals surface area (Å²) in [6.45, 7) is 5.64. The lowest BCUT2D eigenvalue weighted by Gasteiger charge is -2.27. The van der Waals surface area contributed by atoms with Gasteiger partial charge in [-0.15, -0.1) is 0 Å². The van der Waals surface area contributed by atoms with Gasteiger partial charge in [0.05, 0.1) is 24.1 Å². The molecule has 5 heteroatoms. The molecule has 1 saturated heterocycles. The summed E-state index contributed by atoms with van der Waals surface area (Å²) in [6, 6.07) is 0.934. The third-order valence-corrected chi connectivity index (χ3v) is 4.00. The normalized spacial score (nSPS) is 19.9. The van der Waals surface area contributed by atoms with Crippen LogP contribution < -0.4 is 0 Å². The van der Waals surface area contributed by atoms with E-state index in [4.69, 9.17) is 4.98 Å². The van der Waals surface area contributed by atoms with Crippen molar-refractivity contribution in [2.45, 2.75) is 38.8 Å². The standard InChI is InChI=1S/C15H21N5/c1-11(2)20-7-4-5-14(20)12-9-16-10-13(18-12)15-17-6-8-19(15)3/h6,8-11,14H,4-5,7H2,1-3H3. The van der Waals surface area contributed by atoms with Gasteiger partial charge in [-0.3, -0.25) is 9.88 Å². The summed E-state index contributed by atoms with van der Waals surface area (Å²) in [7, 11) is 1.98. The van der Waals surface area contributed by atoms with Gasteiger partial charge >= 0.3 is 0 Å². The molecule has 2 aromatic rings. The van der Waals surface area contributed by atoms with Gasteiger partial charge in [0.25, 0.3) is 0 Å². The van der Waals surface area contributed by atoms with Crippen LogP contribution in [-0.4, -0.2) is 37.0 Å². The smallest absolute Gasteiger partial charge is 0.159 e. The van der Waals surface area contributed by atoms with Crippen LogP contribution in [0.15, 0.2) is 24.8 Å². The fourth-order valence-electron chi connectivity index (χ4n) is 2.99. The molecule has 0 bridgehead atoms. The Hall–Kier alpha value is -1.75. The Morgan fingerprint density at radius 3 is 2.85 bits per heavy atom. The minimum Gasteiger partial charge on any atom is -0.333 e. The first-order chi connectivity index (χ1) is 9.66. The summed E-state index contributed by atoms with van der Waals surface area (Å²) in [6.07, 6.45) is 9.81. The van der Waals surface area contributed by atoms with Crippen LogP contribution in [0.1, 0.15) is 38.4 Å². The highest BCUT2D eigenvalue weighted by Crippen LogP contribution is 2.32. The van der Waals surface area contributed by atoms with Crippen LogP contribution in [0.25, 0.3) is 11.5 Å². The molecule has 0 saturated carbocycles. The predicted octanol–water partition coefficient (Wildman–Crippen LogP) is 2.42. The lowest BCUT2D eigenvalue weighted by Crippen LogP contribution is -2.30. The van der Waals surface area contributed by atoms with Crippen LogP contribution in [0, 0.1) is 0 Å². The molecule has 3 rings (SSSR count). The number of hydrogen-bond acceptors (Lipinski definition) is 4. The largest absolute Gasteiger partial charge is 0.333 e. The third kappa shape index (κ3) is 2.33. The number of aromatic nitrogens is 4. The molecule has 20 heavy (non-hydrogen) atoms. The van der Waals surface area contributed by atoms with Gasteiger partial charge < -0.3 is 4.57 Å². The van der Waals surface area contributed by atoms with Gasteiger partial charge in [0, 0.05) is 25.5 Å². The maximum atomic E-state index is 4.80.